The molecule has 0 bridgehead atoms. The minimum Gasteiger partial charge on any atom is -0.478 e. The Kier molecular flexibility index (Phi) is 4.05. The maximum atomic E-state index is 5.65. The number of rotatable bonds is 4. The first kappa shape index (κ1) is 13.8. The number of hydrogen-bond acceptors (Lipinski definition) is 3. The molecule has 0 aliphatic carbocycles. The second-order valence-corrected chi connectivity index (χ2v) is 5.68. The molecule has 3 nitrogen and oxygen atoms in total. The lowest BCUT2D eigenvalue weighted by Crippen LogP contribution is -2.35. The molecule has 2 aromatic rings. The molecule has 0 radical (unpaired) electrons. The van der Waals surface area contributed by atoms with Crippen molar-refractivity contribution >= 4 is 10.8 Å². The molecular weight excluding hydrogens is 236 g/mol. The molecule has 3 heteroatoms. The number of nitrogens with zero attached hydrogens (tertiary/aromatic N) is 1. The van der Waals surface area contributed by atoms with Crippen LogP contribution in [0.5, 0.6) is 5.88 Å². The van der Waals surface area contributed by atoms with E-state index in [9.17, 15) is 0 Å². The fourth-order valence-electron chi connectivity index (χ4n) is 1.91. The average molecular weight is 258 g/mol. The van der Waals surface area contributed by atoms with Gasteiger partial charge < -0.3 is 10.1 Å². The molecule has 102 valence electrons. The molecule has 2 rings (SSSR count). The lowest BCUT2D eigenvalue weighted by atomic mass is 10.1. The molecule has 19 heavy (non-hydrogen) atoms. The van der Waals surface area contributed by atoms with Gasteiger partial charge in [-0.25, -0.2) is 4.98 Å². The summed E-state index contributed by atoms with van der Waals surface area (Å²) < 4.78 is 5.65. The topological polar surface area (TPSA) is 34.1 Å². The van der Waals surface area contributed by atoms with E-state index < -0.39 is 0 Å². The van der Waals surface area contributed by atoms with E-state index in [1.54, 1.807) is 0 Å². The van der Waals surface area contributed by atoms with E-state index in [-0.39, 0.29) is 5.54 Å². The average Bonchev–Trinajstić information content (AvgIpc) is 2.36. The van der Waals surface area contributed by atoms with E-state index >= 15 is 0 Å². The van der Waals surface area contributed by atoms with Gasteiger partial charge in [0, 0.05) is 17.5 Å². The molecule has 1 aromatic heterocycles. The maximum absolute atomic E-state index is 5.65. The van der Waals surface area contributed by atoms with Gasteiger partial charge in [-0.05, 0) is 45.2 Å². The van der Waals surface area contributed by atoms with Crippen LogP contribution in [0, 0.1) is 0 Å². The van der Waals surface area contributed by atoms with E-state index in [4.69, 9.17) is 4.74 Å². The Labute approximate surface area is 115 Å². The third kappa shape index (κ3) is 3.67. The van der Waals surface area contributed by atoms with Gasteiger partial charge in [0.15, 0.2) is 0 Å². The highest BCUT2D eigenvalue weighted by Gasteiger charge is 2.11. The van der Waals surface area contributed by atoms with Crippen LogP contribution >= 0.6 is 0 Å². The maximum Gasteiger partial charge on any atom is 0.221 e. The number of hydrogen-bond donors (Lipinski definition) is 1. The molecule has 0 aliphatic rings. The SMILES string of the molecule is CCOc1nc(CNC(C)(C)C)cc2ccccc12. The Balaban J connectivity index is 2.35. The van der Waals surface area contributed by atoms with E-state index in [1.165, 1.54) is 5.39 Å². The summed E-state index contributed by atoms with van der Waals surface area (Å²) in [5.74, 6) is 0.728. The Hall–Kier alpha value is -1.61. The highest BCUT2D eigenvalue weighted by Crippen LogP contribution is 2.24. The summed E-state index contributed by atoms with van der Waals surface area (Å²) in [4.78, 5) is 4.61. The van der Waals surface area contributed by atoms with Gasteiger partial charge >= 0.3 is 0 Å². The van der Waals surface area contributed by atoms with Gasteiger partial charge in [-0.3, -0.25) is 0 Å². The monoisotopic (exact) mass is 258 g/mol. The highest BCUT2D eigenvalue weighted by atomic mass is 16.5. The molecule has 1 aromatic carbocycles. The highest BCUT2D eigenvalue weighted by molar-refractivity contribution is 5.87. The standard InChI is InChI=1S/C16H22N2O/c1-5-19-15-14-9-7-6-8-12(14)10-13(18-15)11-17-16(2,3)4/h6-10,17H,5,11H2,1-4H3. The fourth-order valence-corrected chi connectivity index (χ4v) is 1.91. The quantitative estimate of drug-likeness (QED) is 0.911. The molecule has 0 spiro atoms. The van der Waals surface area contributed by atoms with Crippen molar-refractivity contribution in [3.05, 3.63) is 36.0 Å². The molecule has 1 heterocycles. The van der Waals surface area contributed by atoms with Gasteiger partial charge in [0.25, 0.3) is 0 Å². The smallest absolute Gasteiger partial charge is 0.221 e. The van der Waals surface area contributed by atoms with E-state index in [2.05, 4.69) is 43.2 Å². The minimum atomic E-state index is 0.0824. The first-order valence-corrected chi connectivity index (χ1v) is 6.76. The third-order valence-electron chi connectivity index (χ3n) is 2.84. The zero-order chi connectivity index (χ0) is 13.9. The molecule has 0 saturated heterocycles. The molecule has 1 N–H and O–H groups in total. The van der Waals surface area contributed by atoms with Crippen molar-refractivity contribution < 1.29 is 4.74 Å². The lowest BCUT2D eigenvalue weighted by Gasteiger charge is -2.20. The molecule has 0 amide bonds. The lowest BCUT2D eigenvalue weighted by molar-refractivity contribution is 0.329. The van der Waals surface area contributed by atoms with Crippen LogP contribution in [0.4, 0.5) is 0 Å². The second kappa shape index (κ2) is 5.57. The summed E-state index contributed by atoms with van der Waals surface area (Å²) in [6.07, 6.45) is 0. The van der Waals surface area contributed by atoms with Gasteiger partial charge in [0.1, 0.15) is 0 Å². The van der Waals surface area contributed by atoms with Crippen LogP contribution in [0.25, 0.3) is 10.8 Å². The third-order valence-corrected chi connectivity index (χ3v) is 2.84. The Bertz CT molecular complexity index is 558. The van der Waals surface area contributed by atoms with Crippen molar-refractivity contribution in [3.8, 4) is 5.88 Å². The number of nitrogens with one attached hydrogen (secondary N) is 1. The van der Waals surface area contributed by atoms with Crippen molar-refractivity contribution in [2.75, 3.05) is 6.61 Å². The first-order valence-electron chi connectivity index (χ1n) is 6.76. The molecule has 0 atom stereocenters. The van der Waals surface area contributed by atoms with E-state index in [0.29, 0.717) is 6.61 Å². The van der Waals surface area contributed by atoms with E-state index in [0.717, 1.165) is 23.5 Å². The van der Waals surface area contributed by atoms with Crippen LogP contribution < -0.4 is 10.1 Å². The molecule has 0 fully saturated rings. The number of pyridine rings is 1. The normalized spacial score (nSPS) is 11.8. The van der Waals surface area contributed by atoms with Crippen LogP contribution in [0.1, 0.15) is 33.4 Å². The van der Waals surface area contributed by atoms with Crippen molar-refractivity contribution in [2.24, 2.45) is 0 Å². The summed E-state index contributed by atoms with van der Waals surface area (Å²) in [5, 5.41) is 5.70. The van der Waals surface area contributed by atoms with Gasteiger partial charge in [0.2, 0.25) is 5.88 Å². The summed E-state index contributed by atoms with van der Waals surface area (Å²) >= 11 is 0. The summed E-state index contributed by atoms with van der Waals surface area (Å²) in [6, 6.07) is 10.3. The second-order valence-electron chi connectivity index (χ2n) is 5.68. The number of fused-ring (bicyclic) bond motifs is 1. The zero-order valence-electron chi connectivity index (χ0n) is 12.2. The van der Waals surface area contributed by atoms with Crippen LogP contribution in [-0.4, -0.2) is 17.1 Å². The summed E-state index contributed by atoms with van der Waals surface area (Å²) in [5.41, 5.74) is 1.09. The van der Waals surface area contributed by atoms with Gasteiger partial charge in [-0.1, -0.05) is 18.2 Å². The number of benzene rings is 1. The predicted octanol–water partition coefficient (Wildman–Crippen LogP) is 3.52. The van der Waals surface area contributed by atoms with Crippen molar-refractivity contribution in [2.45, 2.75) is 39.8 Å². The van der Waals surface area contributed by atoms with Crippen LogP contribution in [0.15, 0.2) is 30.3 Å². The molecular formula is C16H22N2O. The largest absolute Gasteiger partial charge is 0.478 e. The zero-order valence-corrected chi connectivity index (χ0v) is 12.2. The Morgan fingerprint density at radius 1 is 1.21 bits per heavy atom. The van der Waals surface area contributed by atoms with Crippen molar-refractivity contribution in [1.82, 2.24) is 10.3 Å². The number of ether oxygens (including phenoxy) is 1. The van der Waals surface area contributed by atoms with Crippen molar-refractivity contribution in [1.29, 1.82) is 0 Å². The Morgan fingerprint density at radius 2 is 1.95 bits per heavy atom. The first-order chi connectivity index (χ1) is 8.99. The van der Waals surface area contributed by atoms with Gasteiger partial charge in [-0.2, -0.15) is 0 Å². The fraction of sp³-hybridized carbons (Fsp3) is 0.438. The van der Waals surface area contributed by atoms with Crippen LogP contribution in [0.3, 0.4) is 0 Å². The summed E-state index contributed by atoms with van der Waals surface area (Å²) in [6.45, 7) is 9.81. The molecule has 0 aliphatic heterocycles. The predicted molar refractivity (Wildman–Crippen MR) is 79.5 cm³/mol. The van der Waals surface area contributed by atoms with Gasteiger partial charge in [0.05, 0.1) is 12.3 Å². The van der Waals surface area contributed by atoms with Crippen LogP contribution in [-0.2, 0) is 6.54 Å². The van der Waals surface area contributed by atoms with E-state index in [1.807, 2.05) is 25.1 Å². The van der Waals surface area contributed by atoms with Crippen LogP contribution in [0.2, 0.25) is 0 Å². The number of aromatic nitrogens is 1. The summed E-state index contributed by atoms with van der Waals surface area (Å²) in [7, 11) is 0. The minimum absolute atomic E-state index is 0.0824. The van der Waals surface area contributed by atoms with Crippen molar-refractivity contribution in [3.63, 3.8) is 0 Å². The Morgan fingerprint density at radius 3 is 2.63 bits per heavy atom. The molecule has 0 saturated carbocycles. The molecule has 0 unspecified atom stereocenters. The van der Waals surface area contributed by atoms with Gasteiger partial charge in [-0.15, -0.1) is 0 Å².